The van der Waals surface area contributed by atoms with E-state index in [1.165, 1.54) is 7.11 Å². The third kappa shape index (κ3) is 5.65. The summed E-state index contributed by atoms with van der Waals surface area (Å²) in [7, 11) is 1.42. The molecule has 2 amide bonds. The van der Waals surface area contributed by atoms with E-state index in [0.717, 1.165) is 4.88 Å². The Labute approximate surface area is 109 Å². The SMILES string of the molecule is COC(CNC(=O)NCc1cccs1)CC(=O)O. The van der Waals surface area contributed by atoms with Gasteiger partial charge < -0.3 is 20.5 Å². The fraction of sp³-hybridized carbons (Fsp3) is 0.455. The molecule has 1 unspecified atom stereocenters. The Bertz CT molecular complexity index is 380. The van der Waals surface area contributed by atoms with Gasteiger partial charge in [0.05, 0.1) is 19.1 Å². The van der Waals surface area contributed by atoms with E-state index in [4.69, 9.17) is 9.84 Å². The lowest BCUT2D eigenvalue weighted by atomic mass is 10.2. The molecule has 0 spiro atoms. The Morgan fingerprint density at radius 3 is 2.83 bits per heavy atom. The molecule has 7 heteroatoms. The molecule has 100 valence electrons. The van der Waals surface area contributed by atoms with Crippen LogP contribution in [0, 0.1) is 0 Å². The van der Waals surface area contributed by atoms with Crippen molar-refractivity contribution in [3.63, 3.8) is 0 Å². The highest BCUT2D eigenvalue weighted by Gasteiger charge is 2.13. The van der Waals surface area contributed by atoms with Crippen molar-refractivity contribution >= 4 is 23.3 Å². The van der Waals surface area contributed by atoms with Crippen LogP contribution in [0.3, 0.4) is 0 Å². The molecule has 1 aromatic heterocycles. The summed E-state index contributed by atoms with van der Waals surface area (Å²) in [5.41, 5.74) is 0. The van der Waals surface area contributed by atoms with Gasteiger partial charge in [0.15, 0.2) is 0 Å². The van der Waals surface area contributed by atoms with Gasteiger partial charge in [0.2, 0.25) is 0 Å². The fourth-order valence-corrected chi connectivity index (χ4v) is 1.93. The second-order valence-corrected chi connectivity index (χ2v) is 4.63. The fourth-order valence-electron chi connectivity index (χ4n) is 1.28. The molecule has 0 saturated carbocycles. The van der Waals surface area contributed by atoms with Gasteiger partial charge in [-0.1, -0.05) is 6.07 Å². The number of nitrogens with one attached hydrogen (secondary N) is 2. The second-order valence-electron chi connectivity index (χ2n) is 3.60. The summed E-state index contributed by atoms with van der Waals surface area (Å²) in [5.74, 6) is -0.956. The monoisotopic (exact) mass is 272 g/mol. The molecule has 18 heavy (non-hydrogen) atoms. The standard InChI is InChI=1S/C11H16N2O4S/c1-17-8(5-10(14)15)6-12-11(16)13-7-9-3-2-4-18-9/h2-4,8H,5-7H2,1H3,(H,14,15)(H2,12,13,16). The molecule has 0 aliphatic carbocycles. The average Bonchev–Trinajstić information content (AvgIpc) is 2.84. The van der Waals surface area contributed by atoms with E-state index in [2.05, 4.69) is 10.6 Å². The normalized spacial score (nSPS) is 11.8. The highest BCUT2D eigenvalue weighted by atomic mass is 32.1. The van der Waals surface area contributed by atoms with Crippen LogP contribution in [0.4, 0.5) is 4.79 Å². The van der Waals surface area contributed by atoms with Crippen molar-refractivity contribution in [2.45, 2.75) is 19.1 Å². The van der Waals surface area contributed by atoms with Crippen LogP contribution in [0.1, 0.15) is 11.3 Å². The van der Waals surface area contributed by atoms with Gasteiger partial charge in [-0.2, -0.15) is 0 Å². The molecule has 0 aliphatic rings. The summed E-state index contributed by atoms with van der Waals surface area (Å²) >= 11 is 1.56. The van der Waals surface area contributed by atoms with E-state index < -0.39 is 12.1 Å². The van der Waals surface area contributed by atoms with Crippen LogP contribution in [-0.2, 0) is 16.1 Å². The lowest BCUT2D eigenvalue weighted by Crippen LogP contribution is -2.40. The number of carboxylic acid groups (broad SMARTS) is 1. The maximum Gasteiger partial charge on any atom is 0.315 e. The molecular weight excluding hydrogens is 256 g/mol. The zero-order chi connectivity index (χ0) is 13.4. The Morgan fingerprint density at radius 1 is 1.50 bits per heavy atom. The van der Waals surface area contributed by atoms with Crippen LogP contribution in [0.15, 0.2) is 17.5 Å². The second kappa shape index (κ2) is 7.67. The summed E-state index contributed by atoms with van der Waals surface area (Å²) in [6.07, 6.45) is -0.656. The first-order valence-corrected chi connectivity index (χ1v) is 6.28. The molecule has 1 rings (SSSR count). The molecule has 0 radical (unpaired) electrons. The quantitative estimate of drug-likeness (QED) is 0.692. The van der Waals surface area contributed by atoms with Crippen LogP contribution in [0.2, 0.25) is 0 Å². The first kappa shape index (κ1) is 14.5. The number of amides is 2. The van der Waals surface area contributed by atoms with Crippen molar-refractivity contribution in [3.8, 4) is 0 Å². The summed E-state index contributed by atoms with van der Waals surface area (Å²) in [6.45, 7) is 0.624. The lowest BCUT2D eigenvalue weighted by molar-refractivity contribution is -0.139. The van der Waals surface area contributed by atoms with E-state index >= 15 is 0 Å². The van der Waals surface area contributed by atoms with Crippen molar-refractivity contribution in [3.05, 3.63) is 22.4 Å². The molecule has 0 bridgehead atoms. The number of hydrogen-bond acceptors (Lipinski definition) is 4. The number of urea groups is 1. The van der Waals surface area contributed by atoms with Gasteiger partial charge in [-0.15, -0.1) is 11.3 Å². The summed E-state index contributed by atoms with van der Waals surface area (Å²) in [4.78, 5) is 23.0. The number of carbonyl (C=O) groups is 2. The molecular formula is C11H16N2O4S. The number of rotatable bonds is 7. The first-order chi connectivity index (χ1) is 8.61. The van der Waals surface area contributed by atoms with Crippen molar-refractivity contribution in [2.75, 3.05) is 13.7 Å². The predicted molar refractivity (Wildman–Crippen MR) is 67.6 cm³/mol. The number of thiophene rings is 1. The van der Waals surface area contributed by atoms with Gasteiger partial charge in [-0.05, 0) is 11.4 Å². The average molecular weight is 272 g/mol. The Balaban J connectivity index is 2.21. The molecule has 1 atom stereocenters. The third-order valence-electron chi connectivity index (χ3n) is 2.23. The molecule has 3 N–H and O–H groups in total. The molecule has 0 fully saturated rings. The van der Waals surface area contributed by atoms with Crippen molar-refractivity contribution in [2.24, 2.45) is 0 Å². The zero-order valence-corrected chi connectivity index (χ0v) is 10.8. The number of hydrogen-bond donors (Lipinski definition) is 3. The van der Waals surface area contributed by atoms with Gasteiger partial charge in [0.1, 0.15) is 0 Å². The highest BCUT2D eigenvalue weighted by Crippen LogP contribution is 2.07. The summed E-state index contributed by atoms with van der Waals surface area (Å²) < 4.78 is 4.94. The number of ether oxygens (including phenoxy) is 1. The van der Waals surface area contributed by atoms with Crippen molar-refractivity contribution in [1.29, 1.82) is 0 Å². The minimum absolute atomic E-state index is 0.137. The maximum absolute atomic E-state index is 11.4. The van der Waals surface area contributed by atoms with Crippen LogP contribution < -0.4 is 10.6 Å². The molecule has 1 heterocycles. The first-order valence-electron chi connectivity index (χ1n) is 5.40. The molecule has 6 nitrogen and oxygen atoms in total. The predicted octanol–water partition coefficient (Wildman–Crippen LogP) is 1.04. The molecule has 0 saturated heterocycles. The smallest absolute Gasteiger partial charge is 0.315 e. The Hall–Kier alpha value is -1.60. The van der Waals surface area contributed by atoms with Gasteiger partial charge >= 0.3 is 12.0 Å². The number of methoxy groups -OCH3 is 1. The van der Waals surface area contributed by atoms with Gasteiger partial charge in [-0.25, -0.2) is 4.79 Å². The molecule has 0 aromatic carbocycles. The topological polar surface area (TPSA) is 87.7 Å². The lowest BCUT2D eigenvalue weighted by Gasteiger charge is -2.14. The van der Waals surface area contributed by atoms with Gasteiger partial charge in [0, 0.05) is 18.5 Å². The van der Waals surface area contributed by atoms with Crippen LogP contribution >= 0.6 is 11.3 Å². The van der Waals surface area contributed by atoms with E-state index in [1.807, 2.05) is 17.5 Å². The Kier molecular flexibility index (Phi) is 6.16. The largest absolute Gasteiger partial charge is 0.481 e. The highest BCUT2D eigenvalue weighted by molar-refractivity contribution is 7.09. The minimum atomic E-state index is -0.956. The third-order valence-corrected chi connectivity index (χ3v) is 3.11. The summed E-state index contributed by atoms with van der Waals surface area (Å²) in [6, 6.07) is 3.50. The number of aliphatic carboxylic acids is 1. The summed E-state index contributed by atoms with van der Waals surface area (Å²) in [5, 5.41) is 15.8. The zero-order valence-electron chi connectivity index (χ0n) is 10.0. The van der Waals surface area contributed by atoms with Gasteiger partial charge in [-0.3, -0.25) is 4.79 Å². The van der Waals surface area contributed by atoms with Crippen LogP contribution in [0.5, 0.6) is 0 Å². The van der Waals surface area contributed by atoms with Crippen LogP contribution in [-0.4, -0.2) is 36.9 Å². The number of carbonyl (C=O) groups excluding carboxylic acids is 1. The Morgan fingerprint density at radius 2 is 2.28 bits per heavy atom. The minimum Gasteiger partial charge on any atom is -0.481 e. The van der Waals surface area contributed by atoms with Crippen molar-refractivity contribution in [1.82, 2.24) is 10.6 Å². The molecule has 1 aromatic rings. The van der Waals surface area contributed by atoms with Crippen molar-refractivity contribution < 1.29 is 19.4 Å². The molecule has 0 aliphatic heterocycles. The van der Waals surface area contributed by atoms with Crippen LogP contribution in [0.25, 0.3) is 0 Å². The maximum atomic E-state index is 11.4. The van der Waals surface area contributed by atoms with E-state index in [0.29, 0.717) is 6.54 Å². The van der Waals surface area contributed by atoms with E-state index in [9.17, 15) is 9.59 Å². The van der Waals surface area contributed by atoms with E-state index in [1.54, 1.807) is 11.3 Å². The number of carboxylic acids is 1. The van der Waals surface area contributed by atoms with E-state index in [-0.39, 0.29) is 19.0 Å². The van der Waals surface area contributed by atoms with Gasteiger partial charge in [0.25, 0.3) is 0 Å².